The molecule has 1 atom stereocenters. The normalized spacial score (nSPS) is 19.1. The van der Waals surface area contributed by atoms with Crippen LogP contribution in [-0.2, 0) is 15.0 Å². The van der Waals surface area contributed by atoms with E-state index in [1.807, 2.05) is 38.1 Å². The molecule has 0 saturated carbocycles. The number of benzene rings is 1. The third-order valence-corrected chi connectivity index (χ3v) is 4.51. The second-order valence-electron chi connectivity index (χ2n) is 5.77. The quantitative estimate of drug-likeness (QED) is 0.916. The molecule has 1 aliphatic heterocycles. The molecule has 0 aliphatic carbocycles. The van der Waals surface area contributed by atoms with E-state index in [1.54, 1.807) is 4.90 Å². The monoisotopic (exact) mass is 338 g/mol. The van der Waals surface area contributed by atoms with Crippen molar-refractivity contribution in [2.45, 2.75) is 25.7 Å². The summed E-state index contributed by atoms with van der Waals surface area (Å²) >= 11 is 3.39. The minimum atomic E-state index is -0.604. The lowest BCUT2D eigenvalue weighted by Crippen LogP contribution is -2.43. The van der Waals surface area contributed by atoms with Gasteiger partial charge in [0, 0.05) is 17.6 Å². The van der Waals surface area contributed by atoms with Crippen molar-refractivity contribution in [2.75, 3.05) is 13.1 Å². The Kier molecular flexibility index (Phi) is 4.18. The van der Waals surface area contributed by atoms with Crippen molar-refractivity contribution in [3.63, 3.8) is 0 Å². The maximum absolute atomic E-state index is 12.7. The summed E-state index contributed by atoms with van der Waals surface area (Å²) in [5.74, 6) is -0.481. The van der Waals surface area contributed by atoms with E-state index in [0.29, 0.717) is 19.5 Å². The van der Waals surface area contributed by atoms with Gasteiger partial charge in [-0.05, 0) is 38.0 Å². The van der Waals surface area contributed by atoms with E-state index in [0.717, 1.165) is 10.0 Å². The van der Waals surface area contributed by atoms with Gasteiger partial charge in [0.25, 0.3) is 0 Å². The van der Waals surface area contributed by atoms with Gasteiger partial charge >= 0.3 is 0 Å². The minimum absolute atomic E-state index is 0.0450. The van der Waals surface area contributed by atoms with Gasteiger partial charge in [-0.25, -0.2) is 0 Å². The zero-order chi connectivity index (χ0) is 14.9. The minimum Gasteiger partial charge on any atom is -0.369 e. The molecule has 1 aliphatic rings. The van der Waals surface area contributed by atoms with Gasteiger partial charge < -0.3 is 10.6 Å². The van der Waals surface area contributed by atoms with Gasteiger partial charge in [0.05, 0.1) is 11.3 Å². The SMILES string of the molecule is CC(C)(C(=O)N1CC[C@@H](C(N)=O)C1)c1ccc(Br)cc1. The summed E-state index contributed by atoms with van der Waals surface area (Å²) in [6.07, 6.45) is 0.664. The van der Waals surface area contributed by atoms with Crippen LogP contribution in [0.1, 0.15) is 25.8 Å². The Balaban J connectivity index is 2.15. The number of hydrogen-bond donors (Lipinski definition) is 1. The van der Waals surface area contributed by atoms with Crippen molar-refractivity contribution < 1.29 is 9.59 Å². The van der Waals surface area contributed by atoms with Gasteiger partial charge in [0.2, 0.25) is 11.8 Å². The van der Waals surface area contributed by atoms with Crippen LogP contribution in [0.3, 0.4) is 0 Å². The van der Waals surface area contributed by atoms with Crippen molar-refractivity contribution in [2.24, 2.45) is 11.7 Å². The van der Waals surface area contributed by atoms with E-state index in [2.05, 4.69) is 15.9 Å². The molecule has 1 aromatic carbocycles. The molecule has 0 aromatic heterocycles. The predicted molar refractivity (Wildman–Crippen MR) is 81.0 cm³/mol. The molecule has 2 rings (SSSR count). The fraction of sp³-hybridized carbons (Fsp3) is 0.467. The highest BCUT2D eigenvalue weighted by atomic mass is 79.9. The van der Waals surface area contributed by atoms with Crippen molar-refractivity contribution in [3.8, 4) is 0 Å². The van der Waals surface area contributed by atoms with Crippen LogP contribution in [0, 0.1) is 5.92 Å². The van der Waals surface area contributed by atoms with E-state index in [4.69, 9.17) is 5.73 Å². The summed E-state index contributed by atoms with van der Waals surface area (Å²) in [7, 11) is 0. The Hall–Kier alpha value is -1.36. The number of likely N-dealkylation sites (tertiary alicyclic amines) is 1. The van der Waals surface area contributed by atoms with E-state index in [1.165, 1.54) is 0 Å². The number of nitrogens with two attached hydrogens (primary N) is 1. The first-order chi connectivity index (χ1) is 9.32. The molecule has 4 nitrogen and oxygen atoms in total. The van der Waals surface area contributed by atoms with Gasteiger partial charge in [0.15, 0.2) is 0 Å². The number of rotatable bonds is 3. The van der Waals surface area contributed by atoms with Crippen LogP contribution in [0.15, 0.2) is 28.7 Å². The summed E-state index contributed by atoms with van der Waals surface area (Å²) < 4.78 is 0.986. The molecule has 0 unspecified atom stereocenters. The van der Waals surface area contributed by atoms with E-state index < -0.39 is 5.41 Å². The zero-order valence-corrected chi connectivity index (χ0v) is 13.3. The van der Waals surface area contributed by atoms with Crippen LogP contribution >= 0.6 is 15.9 Å². The highest BCUT2D eigenvalue weighted by Gasteiger charge is 2.38. The molecule has 0 bridgehead atoms. The molecule has 1 saturated heterocycles. The number of carbonyl (C=O) groups is 2. The fourth-order valence-corrected chi connectivity index (χ4v) is 2.83. The largest absolute Gasteiger partial charge is 0.369 e. The Bertz CT molecular complexity index is 525. The average molecular weight is 339 g/mol. The third kappa shape index (κ3) is 2.87. The molecule has 108 valence electrons. The number of amides is 2. The highest BCUT2D eigenvalue weighted by Crippen LogP contribution is 2.29. The van der Waals surface area contributed by atoms with Gasteiger partial charge in [-0.15, -0.1) is 0 Å². The lowest BCUT2D eigenvalue weighted by molar-refractivity contribution is -0.135. The summed E-state index contributed by atoms with van der Waals surface area (Å²) in [6.45, 7) is 4.87. The highest BCUT2D eigenvalue weighted by molar-refractivity contribution is 9.10. The zero-order valence-electron chi connectivity index (χ0n) is 11.7. The standard InChI is InChI=1S/C15H19BrN2O2/c1-15(2,11-3-5-12(16)6-4-11)14(20)18-8-7-10(9-18)13(17)19/h3-6,10H,7-9H2,1-2H3,(H2,17,19)/t10-/m1/s1. The molecule has 1 aromatic rings. The maximum atomic E-state index is 12.7. The lowest BCUT2D eigenvalue weighted by atomic mass is 9.83. The van der Waals surface area contributed by atoms with Crippen molar-refractivity contribution in [3.05, 3.63) is 34.3 Å². The first-order valence-corrected chi connectivity index (χ1v) is 7.46. The topological polar surface area (TPSA) is 63.4 Å². The smallest absolute Gasteiger partial charge is 0.232 e. The van der Waals surface area contributed by atoms with Crippen LogP contribution in [0.5, 0.6) is 0 Å². The van der Waals surface area contributed by atoms with Crippen LogP contribution in [0.4, 0.5) is 0 Å². The molecule has 0 spiro atoms. The Morgan fingerprint density at radius 3 is 2.40 bits per heavy atom. The molecule has 0 radical (unpaired) electrons. The van der Waals surface area contributed by atoms with E-state index >= 15 is 0 Å². The predicted octanol–water partition coefficient (Wildman–Crippen LogP) is 2.06. The molecule has 5 heteroatoms. The van der Waals surface area contributed by atoms with Crippen LogP contribution in [0.2, 0.25) is 0 Å². The Morgan fingerprint density at radius 1 is 1.30 bits per heavy atom. The van der Waals surface area contributed by atoms with Gasteiger partial charge in [0.1, 0.15) is 0 Å². The fourth-order valence-electron chi connectivity index (χ4n) is 2.56. The van der Waals surface area contributed by atoms with E-state index in [-0.39, 0.29) is 17.7 Å². The number of primary amides is 1. The molecule has 1 heterocycles. The number of halogens is 1. The summed E-state index contributed by atoms with van der Waals surface area (Å²) in [5, 5.41) is 0. The van der Waals surface area contributed by atoms with Crippen molar-refractivity contribution in [1.82, 2.24) is 4.90 Å². The second-order valence-corrected chi connectivity index (χ2v) is 6.69. The van der Waals surface area contributed by atoms with Gasteiger partial charge in [-0.3, -0.25) is 9.59 Å². The number of nitrogens with zero attached hydrogens (tertiary/aromatic N) is 1. The van der Waals surface area contributed by atoms with Crippen LogP contribution < -0.4 is 5.73 Å². The van der Waals surface area contributed by atoms with Crippen LogP contribution in [-0.4, -0.2) is 29.8 Å². The molecule has 20 heavy (non-hydrogen) atoms. The Morgan fingerprint density at radius 2 is 1.90 bits per heavy atom. The van der Waals surface area contributed by atoms with Gasteiger partial charge in [-0.1, -0.05) is 28.1 Å². The molecule has 1 fully saturated rings. The first-order valence-electron chi connectivity index (χ1n) is 6.67. The first kappa shape index (κ1) is 15.0. The molecule has 2 amide bonds. The average Bonchev–Trinajstić information content (AvgIpc) is 2.88. The molecule has 2 N–H and O–H groups in total. The third-order valence-electron chi connectivity index (χ3n) is 3.98. The number of hydrogen-bond acceptors (Lipinski definition) is 2. The lowest BCUT2D eigenvalue weighted by Gasteiger charge is -2.29. The van der Waals surface area contributed by atoms with E-state index in [9.17, 15) is 9.59 Å². The molecular formula is C15H19BrN2O2. The Labute approximate surface area is 127 Å². The maximum Gasteiger partial charge on any atom is 0.232 e. The number of carbonyl (C=O) groups excluding carboxylic acids is 2. The summed E-state index contributed by atoms with van der Waals surface area (Å²) in [6, 6.07) is 7.76. The summed E-state index contributed by atoms with van der Waals surface area (Å²) in [4.78, 5) is 25.6. The van der Waals surface area contributed by atoms with Crippen LogP contribution in [0.25, 0.3) is 0 Å². The molecular weight excluding hydrogens is 320 g/mol. The van der Waals surface area contributed by atoms with Crippen molar-refractivity contribution >= 4 is 27.7 Å². The second kappa shape index (κ2) is 5.56. The summed E-state index contributed by atoms with van der Waals surface area (Å²) in [5.41, 5.74) is 5.68. The van der Waals surface area contributed by atoms with Crippen molar-refractivity contribution in [1.29, 1.82) is 0 Å². The van der Waals surface area contributed by atoms with Gasteiger partial charge in [-0.2, -0.15) is 0 Å².